The van der Waals surface area contributed by atoms with Crippen LogP contribution in [0.25, 0.3) is 0 Å². The Hall–Kier alpha value is 1.99. The van der Waals surface area contributed by atoms with Gasteiger partial charge in [0, 0.05) is 0 Å². The van der Waals surface area contributed by atoms with E-state index in [0.717, 1.165) is 0 Å². The fourth-order valence-electron chi connectivity index (χ4n) is 2.64. The van der Waals surface area contributed by atoms with E-state index in [-0.39, 0.29) is 0 Å². The molecule has 0 fully saturated rings. The summed E-state index contributed by atoms with van der Waals surface area (Å²) in [4.78, 5) is 0. The van der Waals surface area contributed by atoms with E-state index in [1.807, 2.05) is 0 Å². The van der Waals surface area contributed by atoms with Crippen LogP contribution in [-0.4, -0.2) is 45.9 Å². The average Bonchev–Trinajstić information content (AvgIpc) is 2.44. The SMILES string of the molecule is CCCC[N+](CCCC)(CCCC)CCCC.[Cl][In-]([Cl])([Cl])[Cl]. The monoisotopic (exact) mass is 497 g/mol. The van der Waals surface area contributed by atoms with Crippen molar-refractivity contribution in [2.24, 2.45) is 0 Å². The van der Waals surface area contributed by atoms with Gasteiger partial charge in [-0.25, -0.2) is 0 Å². The van der Waals surface area contributed by atoms with Crippen molar-refractivity contribution in [3.8, 4) is 0 Å². The first kappa shape index (κ1) is 26.2. The van der Waals surface area contributed by atoms with E-state index in [2.05, 4.69) is 27.7 Å². The zero-order chi connectivity index (χ0) is 17.5. The van der Waals surface area contributed by atoms with Crippen molar-refractivity contribution in [3.63, 3.8) is 0 Å². The summed E-state index contributed by atoms with van der Waals surface area (Å²) >= 11 is -3.37. The van der Waals surface area contributed by atoms with Crippen LogP contribution in [0.2, 0.25) is 0 Å². The molecule has 22 heavy (non-hydrogen) atoms. The summed E-state index contributed by atoms with van der Waals surface area (Å²) in [6.45, 7) is 15.0. The molecule has 0 spiro atoms. The van der Waals surface area contributed by atoms with Crippen LogP contribution in [0.3, 0.4) is 0 Å². The molecule has 0 aromatic carbocycles. The summed E-state index contributed by atoms with van der Waals surface area (Å²) < 4.78 is 1.42. The minimum absolute atomic E-state index is 1.35. The van der Waals surface area contributed by atoms with Gasteiger partial charge in [0.05, 0.1) is 26.2 Å². The summed E-state index contributed by atoms with van der Waals surface area (Å²) in [6, 6.07) is 0. The number of rotatable bonds is 12. The van der Waals surface area contributed by atoms with Gasteiger partial charge in [0.15, 0.2) is 0 Å². The number of hydrogen-bond donors (Lipinski definition) is 0. The second-order valence-electron chi connectivity index (χ2n) is 6.15. The van der Waals surface area contributed by atoms with Crippen LogP contribution in [0.4, 0.5) is 0 Å². The Morgan fingerprint density at radius 1 is 0.545 bits per heavy atom. The Bertz CT molecular complexity index is 191. The molecule has 0 atom stereocenters. The van der Waals surface area contributed by atoms with Gasteiger partial charge in [-0.2, -0.15) is 0 Å². The minimum atomic E-state index is -3.37. The molecule has 0 saturated carbocycles. The van der Waals surface area contributed by atoms with Crippen molar-refractivity contribution in [2.75, 3.05) is 26.2 Å². The zero-order valence-corrected chi connectivity index (χ0v) is 21.3. The van der Waals surface area contributed by atoms with Crippen LogP contribution >= 0.6 is 34.3 Å². The third-order valence-corrected chi connectivity index (χ3v) is 3.94. The molecule has 0 heterocycles. The number of hydrogen-bond acceptors (Lipinski definition) is 0. The van der Waals surface area contributed by atoms with Crippen molar-refractivity contribution >= 4 is 49.5 Å². The molecule has 136 valence electrons. The van der Waals surface area contributed by atoms with Gasteiger partial charge in [-0.05, 0) is 25.7 Å². The number of quaternary nitrogens is 1. The summed E-state index contributed by atoms with van der Waals surface area (Å²) in [5, 5.41) is 0. The van der Waals surface area contributed by atoms with Crippen molar-refractivity contribution in [2.45, 2.75) is 79.1 Å². The molecule has 1 nitrogen and oxygen atoms in total. The molecular formula is C16H36Cl4InN. The Morgan fingerprint density at radius 3 is 0.864 bits per heavy atom. The third kappa shape index (κ3) is 20.0. The van der Waals surface area contributed by atoms with Crippen LogP contribution in [0.15, 0.2) is 0 Å². The molecule has 0 aliphatic rings. The van der Waals surface area contributed by atoms with Gasteiger partial charge < -0.3 is 4.48 Å². The molecule has 0 aromatic rings. The first-order chi connectivity index (χ1) is 10.2. The summed E-state index contributed by atoms with van der Waals surface area (Å²) in [7, 11) is 20.2. The average molecular weight is 499 g/mol. The second kappa shape index (κ2) is 16.5. The summed E-state index contributed by atoms with van der Waals surface area (Å²) in [5.41, 5.74) is 0. The van der Waals surface area contributed by atoms with Gasteiger partial charge >= 0.3 is 49.5 Å². The van der Waals surface area contributed by atoms with E-state index < -0.39 is 15.2 Å². The second-order valence-corrected chi connectivity index (χ2v) is 35.5. The van der Waals surface area contributed by atoms with E-state index in [9.17, 15) is 0 Å². The molecule has 0 N–H and O–H groups in total. The van der Waals surface area contributed by atoms with Crippen LogP contribution < -0.4 is 0 Å². The predicted molar refractivity (Wildman–Crippen MR) is 109 cm³/mol. The van der Waals surface area contributed by atoms with Gasteiger partial charge in [0.2, 0.25) is 0 Å². The third-order valence-electron chi connectivity index (χ3n) is 3.94. The normalized spacial score (nSPS) is 12.0. The maximum atomic E-state index is 5.05. The quantitative estimate of drug-likeness (QED) is 0.246. The molecule has 0 unspecified atom stereocenters. The van der Waals surface area contributed by atoms with E-state index >= 15 is 0 Å². The maximum absolute atomic E-state index is 5.05. The van der Waals surface area contributed by atoms with Gasteiger partial charge in [-0.15, -0.1) is 0 Å². The van der Waals surface area contributed by atoms with Gasteiger partial charge in [0.25, 0.3) is 0 Å². The van der Waals surface area contributed by atoms with E-state index in [0.29, 0.717) is 0 Å². The van der Waals surface area contributed by atoms with Crippen molar-refractivity contribution < 1.29 is 4.48 Å². The van der Waals surface area contributed by atoms with Crippen molar-refractivity contribution in [3.05, 3.63) is 0 Å². The standard InChI is InChI=1S/C16H36N.4ClH.In/c1-5-9-13-17(14-10-6-2,15-11-7-3)16-12-8-4;;;;;/h5-16H2,1-4H3;4*1H;/q+1;;;;;+3/p-4. The van der Waals surface area contributed by atoms with E-state index in [1.165, 1.54) is 82.0 Å². The van der Waals surface area contributed by atoms with E-state index in [1.54, 1.807) is 0 Å². The molecule has 0 aliphatic heterocycles. The number of halogens is 4. The van der Waals surface area contributed by atoms with Crippen molar-refractivity contribution in [1.82, 2.24) is 0 Å². The van der Waals surface area contributed by atoms with Gasteiger partial charge in [0.1, 0.15) is 0 Å². The van der Waals surface area contributed by atoms with Crippen LogP contribution in [0.5, 0.6) is 0 Å². The van der Waals surface area contributed by atoms with Crippen molar-refractivity contribution in [1.29, 1.82) is 0 Å². The van der Waals surface area contributed by atoms with Gasteiger partial charge in [-0.3, -0.25) is 0 Å². The zero-order valence-electron chi connectivity index (χ0n) is 15.0. The first-order valence-electron chi connectivity index (χ1n) is 8.97. The van der Waals surface area contributed by atoms with Gasteiger partial charge in [-0.1, -0.05) is 53.4 Å². The molecule has 6 heteroatoms. The van der Waals surface area contributed by atoms with E-state index in [4.69, 9.17) is 34.3 Å². The number of unbranched alkanes of at least 4 members (excludes halogenated alkanes) is 4. The molecule has 0 amide bonds. The van der Waals surface area contributed by atoms with Crippen LogP contribution in [-0.2, 0) is 0 Å². The molecule has 0 aliphatic carbocycles. The topological polar surface area (TPSA) is 0 Å². The fraction of sp³-hybridized carbons (Fsp3) is 1.00. The molecule has 0 saturated heterocycles. The Morgan fingerprint density at radius 2 is 0.727 bits per heavy atom. The Kier molecular flexibility index (Phi) is 19.6. The molecule has 0 bridgehead atoms. The Balaban J connectivity index is 0. The predicted octanol–water partition coefficient (Wildman–Crippen LogP) is 7.38. The Labute approximate surface area is 158 Å². The fourth-order valence-corrected chi connectivity index (χ4v) is 2.64. The number of nitrogens with zero attached hydrogens (tertiary/aromatic N) is 1. The molecule has 0 rings (SSSR count). The van der Waals surface area contributed by atoms with Crippen LogP contribution in [0.1, 0.15) is 79.1 Å². The molecule has 0 aromatic heterocycles. The first-order valence-corrected chi connectivity index (χ1v) is 25.7. The molecule has 0 radical (unpaired) electrons. The summed E-state index contributed by atoms with van der Waals surface area (Å²) in [5.74, 6) is 0. The van der Waals surface area contributed by atoms with Crippen LogP contribution in [0, 0.1) is 0 Å². The summed E-state index contributed by atoms with van der Waals surface area (Å²) in [6.07, 6.45) is 11.1. The molecular weight excluding hydrogens is 463 g/mol.